The zero-order valence-corrected chi connectivity index (χ0v) is 15.7. The van der Waals surface area contributed by atoms with Crippen molar-refractivity contribution in [1.82, 2.24) is 9.97 Å². The normalized spacial score (nSPS) is 27.4. The third-order valence-corrected chi connectivity index (χ3v) is 5.67. The quantitative estimate of drug-likeness (QED) is 0.538. The lowest BCUT2D eigenvalue weighted by molar-refractivity contribution is -0.791. The molecule has 25 heavy (non-hydrogen) atoms. The molecule has 5 heteroatoms. The van der Waals surface area contributed by atoms with E-state index in [1.807, 2.05) is 12.4 Å². The Balaban J connectivity index is 0.00000140. The first-order valence-electron chi connectivity index (χ1n) is 8.55. The van der Waals surface area contributed by atoms with E-state index in [0.717, 1.165) is 11.6 Å². The summed E-state index contributed by atoms with van der Waals surface area (Å²) >= 11 is 0. The van der Waals surface area contributed by atoms with E-state index in [1.165, 1.54) is 28.3 Å². The second kappa shape index (κ2) is 5.51. The van der Waals surface area contributed by atoms with Crippen LogP contribution in [0, 0.1) is 5.92 Å². The van der Waals surface area contributed by atoms with Crippen LogP contribution in [0.15, 0.2) is 67.0 Å². The molecule has 3 aromatic rings. The molecular formula is C20H17IN4. The molecule has 1 aliphatic carbocycles. The van der Waals surface area contributed by atoms with Gasteiger partial charge in [0.15, 0.2) is 6.17 Å². The van der Waals surface area contributed by atoms with Gasteiger partial charge in [0, 0.05) is 29.3 Å². The zero-order chi connectivity index (χ0) is 15.7. The van der Waals surface area contributed by atoms with Crippen LogP contribution in [-0.4, -0.2) is 16.1 Å². The molecule has 124 valence electrons. The molecule has 6 rings (SSSR count). The van der Waals surface area contributed by atoms with Crippen LogP contribution in [-0.2, 0) is 0 Å². The van der Waals surface area contributed by atoms with E-state index in [9.17, 15) is 0 Å². The van der Waals surface area contributed by atoms with Crippen molar-refractivity contribution in [1.29, 1.82) is 0 Å². The Labute approximate surface area is 163 Å². The van der Waals surface area contributed by atoms with E-state index in [1.54, 1.807) is 0 Å². The van der Waals surface area contributed by atoms with Gasteiger partial charge in [-0.3, -0.25) is 4.90 Å². The topological polar surface area (TPSA) is 33.5 Å². The molecule has 2 aliphatic heterocycles. The van der Waals surface area contributed by atoms with Crippen molar-refractivity contribution in [2.24, 2.45) is 5.92 Å². The monoisotopic (exact) mass is 440 g/mol. The van der Waals surface area contributed by atoms with E-state index in [-0.39, 0.29) is 24.0 Å². The number of rotatable bonds is 1. The van der Waals surface area contributed by atoms with Crippen molar-refractivity contribution in [3.8, 4) is 0 Å². The molecule has 4 unspecified atom stereocenters. The number of anilines is 2. The molecule has 4 nitrogen and oxygen atoms in total. The number of nitrogens with zero attached hydrogens (tertiary/aromatic N) is 3. The first kappa shape index (κ1) is 15.3. The van der Waals surface area contributed by atoms with Crippen molar-refractivity contribution in [3.63, 3.8) is 0 Å². The molecule has 3 aliphatic rings. The van der Waals surface area contributed by atoms with E-state index in [0.29, 0.717) is 18.0 Å². The zero-order valence-electron chi connectivity index (χ0n) is 13.5. The van der Waals surface area contributed by atoms with Crippen molar-refractivity contribution in [2.45, 2.75) is 18.5 Å². The van der Waals surface area contributed by atoms with Crippen LogP contribution in [0.5, 0.6) is 0 Å². The summed E-state index contributed by atoms with van der Waals surface area (Å²) in [6.45, 7) is 0. The molecule has 0 amide bonds. The summed E-state index contributed by atoms with van der Waals surface area (Å²) in [5, 5.41) is 0. The number of halogens is 1. The van der Waals surface area contributed by atoms with Crippen LogP contribution >= 0.6 is 0 Å². The minimum atomic E-state index is 0. The minimum absolute atomic E-state index is 0. The van der Waals surface area contributed by atoms with Gasteiger partial charge in [-0.2, -0.15) is 4.98 Å². The van der Waals surface area contributed by atoms with Crippen LogP contribution < -0.4 is 33.8 Å². The second-order valence-corrected chi connectivity index (χ2v) is 6.89. The smallest absolute Gasteiger partial charge is 0.276 e. The summed E-state index contributed by atoms with van der Waals surface area (Å²) in [5.74, 6) is 3.43. The highest BCUT2D eigenvalue weighted by Gasteiger charge is 2.62. The fraction of sp³-hybridized carbons (Fsp3) is 0.200. The van der Waals surface area contributed by atoms with Crippen LogP contribution in [0.3, 0.4) is 0 Å². The highest BCUT2D eigenvalue weighted by atomic mass is 127. The molecule has 3 heterocycles. The molecule has 0 bridgehead atoms. The maximum atomic E-state index is 4.73. The number of quaternary nitrogens is 1. The Hall–Kier alpha value is -1.99. The predicted molar refractivity (Wildman–Crippen MR) is 92.0 cm³/mol. The summed E-state index contributed by atoms with van der Waals surface area (Å²) < 4.78 is 0. The van der Waals surface area contributed by atoms with Gasteiger partial charge in [0.05, 0.1) is 6.20 Å². The van der Waals surface area contributed by atoms with E-state index in [2.05, 4.69) is 59.5 Å². The van der Waals surface area contributed by atoms with Gasteiger partial charge in [-0.15, -0.1) is 0 Å². The van der Waals surface area contributed by atoms with Gasteiger partial charge in [0.2, 0.25) is 5.82 Å². The molecule has 1 aromatic heterocycles. The lowest BCUT2D eigenvalue weighted by Crippen LogP contribution is -3.08. The van der Waals surface area contributed by atoms with Gasteiger partial charge in [-0.05, 0) is 24.6 Å². The van der Waals surface area contributed by atoms with Crippen LogP contribution in [0.25, 0.3) is 0 Å². The second-order valence-electron chi connectivity index (χ2n) is 6.89. The number of para-hydroxylation sites is 2. The Morgan fingerprint density at radius 3 is 2.56 bits per heavy atom. The Bertz CT molecular complexity index is 945. The molecule has 2 aromatic carbocycles. The van der Waals surface area contributed by atoms with Crippen molar-refractivity contribution in [2.75, 3.05) is 4.90 Å². The molecule has 1 saturated carbocycles. The van der Waals surface area contributed by atoms with Gasteiger partial charge >= 0.3 is 0 Å². The summed E-state index contributed by atoms with van der Waals surface area (Å²) in [7, 11) is 0. The van der Waals surface area contributed by atoms with Crippen LogP contribution in [0.4, 0.5) is 23.0 Å². The highest BCUT2D eigenvalue weighted by molar-refractivity contribution is 5.71. The van der Waals surface area contributed by atoms with Crippen molar-refractivity contribution >= 4 is 23.0 Å². The molecule has 4 atom stereocenters. The van der Waals surface area contributed by atoms with Gasteiger partial charge in [-0.1, -0.05) is 36.4 Å². The van der Waals surface area contributed by atoms with Gasteiger partial charge in [-0.25, -0.2) is 9.88 Å². The Morgan fingerprint density at radius 1 is 0.920 bits per heavy atom. The summed E-state index contributed by atoms with van der Waals surface area (Å²) in [4.78, 5) is 13.2. The molecular weight excluding hydrogens is 423 g/mol. The van der Waals surface area contributed by atoms with Gasteiger partial charge < -0.3 is 24.0 Å². The summed E-state index contributed by atoms with van der Waals surface area (Å²) in [6.07, 6.45) is 5.26. The molecule has 0 radical (unpaired) electrons. The maximum Gasteiger partial charge on any atom is 0.276 e. The number of nitrogens with one attached hydrogen (secondary N) is 1. The number of fused-ring (bicyclic) bond motifs is 8. The SMILES string of the molecule is [I-].c1ccc(N2c3nccnc3[NH+]3c4ccccc4C4CC4C23)cc1. The fourth-order valence-corrected chi connectivity index (χ4v) is 4.65. The highest BCUT2D eigenvalue weighted by Crippen LogP contribution is 2.57. The lowest BCUT2D eigenvalue weighted by atomic mass is 9.99. The van der Waals surface area contributed by atoms with Crippen molar-refractivity contribution < 1.29 is 28.9 Å². The minimum Gasteiger partial charge on any atom is -1.00 e. The predicted octanol–water partition coefficient (Wildman–Crippen LogP) is -0.0764. The number of aromatic nitrogens is 2. The average molecular weight is 440 g/mol. The summed E-state index contributed by atoms with van der Waals surface area (Å²) in [5.41, 5.74) is 4.09. The maximum absolute atomic E-state index is 4.73. The first-order valence-corrected chi connectivity index (χ1v) is 8.55. The van der Waals surface area contributed by atoms with Gasteiger partial charge in [0.1, 0.15) is 5.69 Å². The number of hydrogen-bond acceptors (Lipinski definition) is 3. The fourth-order valence-electron chi connectivity index (χ4n) is 4.65. The van der Waals surface area contributed by atoms with Crippen LogP contribution in [0.1, 0.15) is 17.9 Å². The van der Waals surface area contributed by atoms with Crippen LogP contribution in [0.2, 0.25) is 0 Å². The van der Waals surface area contributed by atoms with Crippen molar-refractivity contribution in [3.05, 3.63) is 72.6 Å². The Morgan fingerprint density at radius 2 is 1.68 bits per heavy atom. The molecule has 0 saturated heterocycles. The standard InChI is InChI=1S/C20H16N4.HI/c1-2-6-13(7-3-1)23-18-19(22-11-10-21-18)24-17-9-5-4-8-14(17)15-12-16(15)20(23)24;/h1-11,15-16,20H,12H2;1H. The third-order valence-electron chi connectivity index (χ3n) is 5.67. The third kappa shape index (κ3) is 2.02. The average Bonchev–Trinajstić information content (AvgIpc) is 3.38. The molecule has 1 fully saturated rings. The largest absolute Gasteiger partial charge is 1.00 e. The van der Waals surface area contributed by atoms with Gasteiger partial charge in [0.25, 0.3) is 5.82 Å². The van der Waals surface area contributed by atoms with E-state index < -0.39 is 0 Å². The van der Waals surface area contributed by atoms with E-state index >= 15 is 0 Å². The summed E-state index contributed by atoms with van der Waals surface area (Å²) in [6, 6.07) is 19.5. The lowest BCUT2D eigenvalue weighted by Gasteiger charge is -2.31. The number of benzene rings is 2. The molecule has 0 spiro atoms. The first-order chi connectivity index (χ1) is 11.9. The van der Waals surface area contributed by atoms with E-state index in [4.69, 9.17) is 9.97 Å². The Kier molecular flexibility index (Phi) is 3.36. The number of hydrogen-bond donors (Lipinski definition) is 1. The molecule has 1 N–H and O–H groups in total.